The highest BCUT2D eigenvalue weighted by Gasteiger charge is 2.18. The summed E-state index contributed by atoms with van der Waals surface area (Å²) in [7, 11) is 1.90. The molecule has 3 N–H and O–H groups in total. The van der Waals surface area contributed by atoms with Gasteiger partial charge in [-0.05, 0) is 37.3 Å². The number of nitrogens with one attached hydrogen (secondary N) is 1. The minimum absolute atomic E-state index is 0.0676. The van der Waals surface area contributed by atoms with Crippen molar-refractivity contribution in [3.8, 4) is 0 Å². The second-order valence-electron chi connectivity index (χ2n) is 4.74. The Hall–Kier alpha value is -2.49. The van der Waals surface area contributed by atoms with Crippen LogP contribution in [0.2, 0.25) is 0 Å². The van der Waals surface area contributed by atoms with E-state index in [0.29, 0.717) is 11.4 Å². The molecule has 0 aliphatic carbocycles. The van der Waals surface area contributed by atoms with Crippen LogP contribution in [0.5, 0.6) is 0 Å². The van der Waals surface area contributed by atoms with Gasteiger partial charge in [-0.1, -0.05) is 24.3 Å². The summed E-state index contributed by atoms with van der Waals surface area (Å²) < 4.78 is 0. The average Bonchev–Trinajstić information content (AvgIpc) is 2.46. The first-order chi connectivity index (χ1) is 9.58. The number of nitrogens with zero attached hydrogens (tertiary/aromatic N) is 1. The monoisotopic (exact) mass is 269 g/mol. The van der Waals surface area contributed by atoms with Crippen LogP contribution < -0.4 is 16.0 Å². The first-order valence-corrected chi connectivity index (χ1v) is 6.52. The van der Waals surface area contributed by atoms with Gasteiger partial charge in [-0.2, -0.15) is 0 Å². The number of amides is 1. The molecule has 4 heteroatoms. The SMILES string of the molecule is CC(C(=O)Nc1cccc(N)c1)N(C)c1ccccc1. The second-order valence-corrected chi connectivity index (χ2v) is 4.74. The molecule has 0 heterocycles. The Morgan fingerprint density at radius 3 is 2.50 bits per heavy atom. The number of likely N-dealkylation sites (N-methyl/N-ethyl adjacent to an activating group) is 1. The topological polar surface area (TPSA) is 58.4 Å². The van der Waals surface area contributed by atoms with E-state index in [-0.39, 0.29) is 11.9 Å². The van der Waals surface area contributed by atoms with Crippen molar-refractivity contribution < 1.29 is 4.79 Å². The molecule has 1 amide bonds. The molecule has 1 atom stereocenters. The zero-order chi connectivity index (χ0) is 14.5. The maximum absolute atomic E-state index is 12.2. The third-order valence-electron chi connectivity index (χ3n) is 3.28. The Labute approximate surface area is 119 Å². The van der Waals surface area contributed by atoms with Gasteiger partial charge < -0.3 is 16.0 Å². The molecule has 2 aromatic rings. The van der Waals surface area contributed by atoms with E-state index in [9.17, 15) is 4.79 Å². The van der Waals surface area contributed by atoms with Crippen molar-refractivity contribution >= 4 is 23.0 Å². The van der Waals surface area contributed by atoms with Gasteiger partial charge in [0.1, 0.15) is 6.04 Å². The fraction of sp³-hybridized carbons (Fsp3) is 0.188. The summed E-state index contributed by atoms with van der Waals surface area (Å²) in [6, 6.07) is 16.7. The molecule has 0 saturated heterocycles. The number of carbonyl (C=O) groups is 1. The van der Waals surface area contributed by atoms with Crippen LogP contribution in [0.1, 0.15) is 6.92 Å². The van der Waals surface area contributed by atoms with Gasteiger partial charge in [-0.25, -0.2) is 0 Å². The van der Waals surface area contributed by atoms with Gasteiger partial charge in [0.15, 0.2) is 0 Å². The van der Waals surface area contributed by atoms with E-state index in [1.807, 2.05) is 61.3 Å². The van der Waals surface area contributed by atoms with Crippen molar-refractivity contribution in [3.05, 3.63) is 54.6 Å². The van der Waals surface area contributed by atoms with Gasteiger partial charge >= 0.3 is 0 Å². The molecule has 2 rings (SSSR count). The van der Waals surface area contributed by atoms with Crippen LogP contribution in [-0.2, 0) is 4.79 Å². The molecular formula is C16H19N3O. The molecule has 0 aromatic heterocycles. The molecule has 20 heavy (non-hydrogen) atoms. The molecule has 104 valence electrons. The first kappa shape index (κ1) is 13.9. The summed E-state index contributed by atoms with van der Waals surface area (Å²) >= 11 is 0. The molecule has 0 aliphatic heterocycles. The highest BCUT2D eigenvalue weighted by Crippen LogP contribution is 2.16. The van der Waals surface area contributed by atoms with E-state index in [2.05, 4.69) is 5.32 Å². The standard InChI is InChI=1S/C16H19N3O/c1-12(19(2)15-9-4-3-5-10-15)16(20)18-14-8-6-7-13(17)11-14/h3-12H,17H2,1-2H3,(H,18,20). The van der Waals surface area contributed by atoms with E-state index in [1.165, 1.54) is 0 Å². The van der Waals surface area contributed by atoms with Crippen molar-refractivity contribution in [2.45, 2.75) is 13.0 Å². The van der Waals surface area contributed by atoms with Crippen LogP contribution in [0, 0.1) is 0 Å². The third kappa shape index (κ3) is 3.29. The fourth-order valence-electron chi connectivity index (χ4n) is 1.93. The summed E-state index contributed by atoms with van der Waals surface area (Å²) in [5.74, 6) is -0.0676. The quantitative estimate of drug-likeness (QED) is 0.839. The summed E-state index contributed by atoms with van der Waals surface area (Å²) in [4.78, 5) is 14.2. The van der Waals surface area contributed by atoms with E-state index in [4.69, 9.17) is 5.73 Å². The minimum Gasteiger partial charge on any atom is -0.399 e. The number of hydrogen-bond donors (Lipinski definition) is 2. The molecule has 0 fully saturated rings. The number of carbonyl (C=O) groups excluding carboxylic acids is 1. The Bertz CT molecular complexity index is 583. The lowest BCUT2D eigenvalue weighted by atomic mass is 10.2. The average molecular weight is 269 g/mol. The van der Waals surface area contributed by atoms with Crippen LogP contribution in [0.4, 0.5) is 17.1 Å². The summed E-state index contributed by atoms with van der Waals surface area (Å²) in [6.45, 7) is 1.87. The van der Waals surface area contributed by atoms with E-state index in [1.54, 1.807) is 12.1 Å². The Kier molecular flexibility index (Phi) is 4.25. The zero-order valence-corrected chi connectivity index (χ0v) is 11.7. The smallest absolute Gasteiger partial charge is 0.246 e. The number of nitrogen functional groups attached to an aromatic ring is 1. The first-order valence-electron chi connectivity index (χ1n) is 6.52. The minimum atomic E-state index is -0.279. The van der Waals surface area contributed by atoms with Crippen LogP contribution >= 0.6 is 0 Å². The van der Waals surface area contributed by atoms with Gasteiger partial charge in [-0.15, -0.1) is 0 Å². The van der Waals surface area contributed by atoms with Crippen molar-refractivity contribution in [1.82, 2.24) is 0 Å². The molecular weight excluding hydrogens is 250 g/mol. The molecule has 0 spiro atoms. The fourth-order valence-corrected chi connectivity index (χ4v) is 1.93. The summed E-state index contributed by atoms with van der Waals surface area (Å²) in [5.41, 5.74) is 8.04. The number of para-hydroxylation sites is 1. The lowest BCUT2D eigenvalue weighted by molar-refractivity contribution is -0.117. The molecule has 0 aliphatic rings. The van der Waals surface area contributed by atoms with Gasteiger partial charge in [0.25, 0.3) is 0 Å². The lowest BCUT2D eigenvalue weighted by Crippen LogP contribution is -2.39. The maximum Gasteiger partial charge on any atom is 0.246 e. The van der Waals surface area contributed by atoms with E-state index in [0.717, 1.165) is 5.69 Å². The van der Waals surface area contributed by atoms with Crippen LogP contribution in [-0.4, -0.2) is 19.0 Å². The lowest BCUT2D eigenvalue weighted by Gasteiger charge is -2.26. The molecule has 0 saturated carbocycles. The van der Waals surface area contributed by atoms with Gasteiger partial charge in [-0.3, -0.25) is 4.79 Å². The second kappa shape index (κ2) is 6.10. The predicted octanol–water partition coefficient (Wildman–Crippen LogP) is 2.73. The van der Waals surface area contributed by atoms with Gasteiger partial charge in [0.05, 0.1) is 0 Å². The van der Waals surface area contributed by atoms with Crippen molar-refractivity contribution in [1.29, 1.82) is 0 Å². The number of nitrogens with two attached hydrogens (primary N) is 1. The van der Waals surface area contributed by atoms with E-state index < -0.39 is 0 Å². The highest BCUT2D eigenvalue weighted by molar-refractivity contribution is 5.96. The highest BCUT2D eigenvalue weighted by atomic mass is 16.2. The van der Waals surface area contributed by atoms with Gasteiger partial charge in [0.2, 0.25) is 5.91 Å². The largest absolute Gasteiger partial charge is 0.399 e. The number of hydrogen-bond acceptors (Lipinski definition) is 3. The third-order valence-corrected chi connectivity index (χ3v) is 3.28. The molecule has 0 radical (unpaired) electrons. The van der Waals surface area contributed by atoms with Crippen LogP contribution in [0.15, 0.2) is 54.6 Å². The van der Waals surface area contributed by atoms with Crippen LogP contribution in [0.3, 0.4) is 0 Å². The Balaban J connectivity index is 2.05. The van der Waals surface area contributed by atoms with Gasteiger partial charge in [0, 0.05) is 24.1 Å². The van der Waals surface area contributed by atoms with Crippen molar-refractivity contribution in [3.63, 3.8) is 0 Å². The summed E-state index contributed by atoms with van der Waals surface area (Å²) in [5, 5.41) is 2.87. The van der Waals surface area contributed by atoms with Crippen LogP contribution in [0.25, 0.3) is 0 Å². The molecule has 2 aromatic carbocycles. The normalized spacial score (nSPS) is 11.7. The maximum atomic E-state index is 12.2. The van der Waals surface area contributed by atoms with E-state index >= 15 is 0 Å². The molecule has 4 nitrogen and oxygen atoms in total. The number of anilines is 3. The number of benzene rings is 2. The predicted molar refractivity (Wildman–Crippen MR) is 83.8 cm³/mol. The number of rotatable bonds is 4. The molecule has 1 unspecified atom stereocenters. The Morgan fingerprint density at radius 2 is 1.85 bits per heavy atom. The zero-order valence-electron chi connectivity index (χ0n) is 11.7. The van der Waals surface area contributed by atoms with Crippen molar-refractivity contribution in [2.24, 2.45) is 0 Å². The summed E-state index contributed by atoms with van der Waals surface area (Å²) in [6.07, 6.45) is 0. The molecule has 0 bridgehead atoms. The Morgan fingerprint density at radius 1 is 1.15 bits per heavy atom. The van der Waals surface area contributed by atoms with Crippen molar-refractivity contribution in [2.75, 3.05) is 23.0 Å².